The van der Waals surface area contributed by atoms with Crippen molar-refractivity contribution in [2.45, 2.75) is 23.9 Å². The minimum atomic E-state index is -1.05. The molecule has 4 amide bonds. The van der Waals surface area contributed by atoms with Crippen molar-refractivity contribution in [3.63, 3.8) is 0 Å². The van der Waals surface area contributed by atoms with Crippen LogP contribution in [0.2, 0.25) is 0 Å². The Kier molecular flexibility index (Phi) is 14.5. The minimum absolute atomic E-state index is 0.0621. The molecule has 0 unspecified atom stereocenters. The Morgan fingerprint density at radius 2 is 0.920 bits per heavy atom. The van der Waals surface area contributed by atoms with Crippen LogP contribution in [-0.4, -0.2) is 86.5 Å². The van der Waals surface area contributed by atoms with Gasteiger partial charge in [-0.05, 0) is 35.4 Å². The van der Waals surface area contributed by atoms with E-state index < -0.39 is 47.7 Å². The SMILES string of the molecule is COC(=O)[C@@H](CSSC[C@@H](NC(=O)CNC(=O)c1ccc(C2C=CC=C2)cc1)C(=O)OC)NC(=O)CNC(=O)c1ccc(C2C=CC=C2)cc1. The summed E-state index contributed by atoms with van der Waals surface area (Å²) in [6.07, 6.45) is 16.0. The van der Waals surface area contributed by atoms with Gasteiger partial charge in [0.15, 0.2) is 0 Å². The standard InChI is InChI=1S/C36H38N4O8S2/c1-47-35(45)29(39-31(41)19-37-33(43)27-15-11-25(12-16-27)23-7-3-4-8-23)21-49-50-22-30(36(46)48-2)40-32(42)20-38-34(44)28-17-13-26(14-18-28)24-9-5-6-10-24/h3-18,23-24,29-30H,19-22H2,1-2H3,(H,37,43)(H,38,44)(H,39,41)(H,40,42)/t29-,30-/m1/s1. The highest BCUT2D eigenvalue weighted by molar-refractivity contribution is 8.76. The van der Waals surface area contributed by atoms with Crippen LogP contribution in [0.3, 0.4) is 0 Å². The van der Waals surface area contributed by atoms with E-state index in [2.05, 4.69) is 21.3 Å². The third-order valence-corrected chi connectivity index (χ3v) is 10.0. The first-order valence-corrected chi connectivity index (χ1v) is 18.1. The number of nitrogens with one attached hydrogen (secondary N) is 4. The molecule has 0 bridgehead atoms. The second-order valence-electron chi connectivity index (χ2n) is 11.1. The third-order valence-electron chi connectivity index (χ3n) is 7.63. The molecule has 2 aliphatic carbocycles. The van der Waals surface area contributed by atoms with Gasteiger partial charge >= 0.3 is 11.9 Å². The number of rotatable bonds is 17. The van der Waals surface area contributed by atoms with Crippen LogP contribution in [0.5, 0.6) is 0 Å². The lowest BCUT2D eigenvalue weighted by atomic mass is 9.99. The molecule has 0 saturated heterocycles. The Bertz CT molecular complexity index is 1520. The van der Waals surface area contributed by atoms with Gasteiger partial charge in [0.05, 0.1) is 27.3 Å². The first kappa shape index (κ1) is 37.7. The zero-order chi connectivity index (χ0) is 35.9. The summed E-state index contributed by atoms with van der Waals surface area (Å²) in [7, 11) is 4.68. The van der Waals surface area contributed by atoms with Crippen molar-refractivity contribution in [3.8, 4) is 0 Å². The molecule has 0 saturated carbocycles. The van der Waals surface area contributed by atoms with Crippen molar-refractivity contribution >= 4 is 57.2 Å². The molecular weight excluding hydrogens is 681 g/mol. The highest BCUT2D eigenvalue weighted by Crippen LogP contribution is 2.25. The smallest absolute Gasteiger partial charge is 0.329 e. The van der Waals surface area contributed by atoms with Crippen LogP contribution in [0.15, 0.2) is 97.1 Å². The molecule has 0 radical (unpaired) electrons. The Balaban J connectivity index is 1.18. The summed E-state index contributed by atoms with van der Waals surface area (Å²) in [4.78, 5) is 75.0. The number of hydrogen-bond donors (Lipinski definition) is 4. The van der Waals surface area contributed by atoms with Crippen molar-refractivity contribution < 1.29 is 38.2 Å². The normalized spacial score (nSPS) is 14.5. The molecular formula is C36H38N4O8S2. The molecule has 4 rings (SSSR count). The number of ether oxygens (including phenoxy) is 2. The largest absolute Gasteiger partial charge is 0.467 e. The van der Waals surface area contributed by atoms with E-state index in [1.165, 1.54) is 14.2 Å². The molecule has 2 aromatic carbocycles. The molecule has 0 fully saturated rings. The van der Waals surface area contributed by atoms with Crippen LogP contribution in [0.4, 0.5) is 0 Å². The molecule has 0 aromatic heterocycles. The zero-order valence-electron chi connectivity index (χ0n) is 27.5. The van der Waals surface area contributed by atoms with Crippen molar-refractivity contribution in [2.24, 2.45) is 0 Å². The summed E-state index contributed by atoms with van der Waals surface area (Å²) in [6, 6.07) is 12.0. The molecule has 2 atom stereocenters. The molecule has 262 valence electrons. The molecule has 4 N–H and O–H groups in total. The van der Waals surface area contributed by atoms with E-state index in [1.807, 2.05) is 72.9 Å². The van der Waals surface area contributed by atoms with E-state index >= 15 is 0 Å². The number of carbonyl (C=O) groups is 6. The summed E-state index contributed by atoms with van der Waals surface area (Å²) < 4.78 is 9.62. The van der Waals surface area contributed by atoms with E-state index in [4.69, 9.17) is 9.47 Å². The monoisotopic (exact) mass is 718 g/mol. The van der Waals surface area contributed by atoms with Crippen molar-refractivity contribution in [1.82, 2.24) is 21.3 Å². The first-order valence-electron chi connectivity index (χ1n) is 15.6. The van der Waals surface area contributed by atoms with Crippen LogP contribution in [0.25, 0.3) is 0 Å². The maximum absolute atomic E-state index is 12.6. The minimum Gasteiger partial charge on any atom is -0.467 e. The van der Waals surface area contributed by atoms with Crippen LogP contribution in [0, 0.1) is 0 Å². The highest BCUT2D eigenvalue weighted by Gasteiger charge is 2.25. The Morgan fingerprint density at radius 1 is 0.580 bits per heavy atom. The summed E-state index contributed by atoms with van der Waals surface area (Å²) in [5, 5.41) is 10.2. The van der Waals surface area contributed by atoms with E-state index in [9.17, 15) is 28.8 Å². The maximum Gasteiger partial charge on any atom is 0.329 e. The van der Waals surface area contributed by atoms with Gasteiger partial charge in [0.2, 0.25) is 11.8 Å². The molecule has 0 heterocycles. The summed E-state index contributed by atoms with van der Waals surface area (Å²) in [5.74, 6) is -3.01. The predicted molar refractivity (Wildman–Crippen MR) is 192 cm³/mol. The van der Waals surface area contributed by atoms with Crippen LogP contribution in [-0.2, 0) is 28.7 Å². The number of amides is 4. The quantitative estimate of drug-likeness (QED) is 0.108. The molecule has 2 aromatic rings. The Morgan fingerprint density at radius 3 is 1.24 bits per heavy atom. The second-order valence-corrected chi connectivity index (χ2v) is 13.6. The Hall–Kier alpha value is -5.08. The number of esters is 2. The van der Waals surface area contributed by atoms with Crippen molar-refractivity contribution in [3.05, 3.63) is 119 Å². The fourth-order valence-corrected chi connectivity index (χ4v) is 7.19. The molecule has 0 spiro atoms. The van der Waals surface area contributed by atoms with Crippen LogP contribution in [0.1, 0.15) is 43.7 Å². The summed E-state index contributed by atoms with van der Waals surface area (Å²) >= 11 is 0. The maximum atomic E-state index is 12.6. The van der Waals surface area contributed by atoms with Gasteiger partial charge in [-0.3, -0.25) is 19.2 Å². The van der Waals surface area contributed by atoms with Crippen molar-refractivity contribution in [1.29, 1.82) is 0 Å². The van der Waals surface area contributed by atoms with E-state index in [-0.39, 0.29) is 36.4 Å². The van der Waals surface area contributed by atoms with Gasteiger partial charge in [0, 0.05) is 34.5 Å². The number of methoxy groups -OCH3 is 2. The van der Waals surface area contributed by atoms with Crippen LogP contribution >= 0.6 is 21.6 Å². The molecule has 12 nitrogen and oxygen atoms in total. The summed E-state index contributed by atoms with van der Waals surface area (Å²) in [6.45, 7) is -0.734. The Labute approximate surface area is 298 Å². The van der Waals surface area contributed by atoms with E-state index in [0.29, 0.717) is 11.1 Å². The summed E-state index contributed by atoms with van der Waals surface area (Å²) in [5.41, 5.74) is 2.85. The number of benzene rings is 2. The fourth-order valence-electron chi connectivity index (χ4n) is 4.89. The third kappa shape index (κ3) is 11.2. The molecule has 2 aliphatic rings. The highest BCUT2D eigenvalue weighted by atomic mass is 33.1. The number of carbonyl (C=O) groups excluding carboxylic acids is 6. The van der Waals surface area contributed by atoms with Crippen molar-refractivity contribution in [2.75, 3.05) is 38.8 Å². The van der Waals surface area contributed by atoms with Gasteiger partial charge in [0.1, 0.15) is 12.1 Å². The lowest BCUT2D eigenvalue weighted by Crippen LogP contribution is -2.47. The lowest BCUT2D eigenvalue weighted by molar-refractivity contribution is -0.144. The topological polar surface area (TPSA) is 169 Å². The van der Waals surface area contributed by atoms with E-state index in [1.54, 1.807) is 24.3 Å². The van der Waals surface area contributed by atoms with Gasteiger partial charge in [-0.1, -0.05) is 94.5 Å². The molecule has 50 heavy (non-hydrogen) atoms. The first-order chi connectivity index (χ1) is 24.2. The van der Waals surface area contributed by atoms with Gasteiger partial charge in [-0.25, -0.2) is 9.59 Å². The van der Waals surface area contributed by atoms with Gasteiger partial charge < -0.3 is 30.7 Å². The van der Waals surface area contributed by atoms with Crippen LogP contribution < -0.4 is 21.3 Å². The average Bonchev–Trinajstić information content (AvgIpc) is 3.89. The number of hydrogen-bond acceptors (Lipinski definition) is 10. The molecule has 0 aliphatic heterocycles. The number of allylic oxidation sites excluding steroid dienone is 8. The van der Waals surface area contributed by atoms with Gasteiger partial charge in [-0.15, -0.1) is 0 Å². The zero-order valence-corrected chi connectivity index (χ0v) is 29.1. The van der Waals surface area contributed by atoms with E-state index in [0.717, 1.165) is 32.7 Å². The predicted octanol–water partition coefficient (Wildman–Crippen LogP) is 2.96. The lowest BCUT2D eigenvalue weighted by Gasteiger charge is -2.18. The van der Waals surface area contributed by atoms with Gasteiger partial charge in [-0.2, -0.15) is 0 Å². The molecule has 14 heteroatoms. The fraction of sp³-hybridized carbons (Fsp3) is 0.278. The van der Waals surface area contributed by atoms with Gasteiger partial charge in [0.25, 0.3) is 11.8 Å². The average molecular weight is 719 g/mol. The second kappa shape index (κ2) is 19.2.